The van der Waals surface area contributed by atoms with Crippen molar-refractivity contribution in [3.63, 3.8) is 0 Å². The van der Waals surface area contributed by atoms with E-state index < -0.39 is 15.9 Å². The Morgan fingerprint density at radius 2 is 1.79 bits per heavy atom. The first-order chi connectivity index (χ1) is 15.8. The molecular weight excluding hydrogens is 462 g/mol. The van der Waals surface area contributed by atoms with E-state index in [4.69, 9.17) is 16.3 Å². The molecule has 1 amide bonds. The van der Waals surface area contributed by atoms with Crippen molar-refractivity contribution in [1.29, 1.82) is 0 Å². The maximum absolute atomic E-state index is 12.8. The van der Waals surface area contributed by atoms with Gasteiger partial charge < -0.3 is 10.1 Å². The summed E-state index contributed by atoms with van der Waals surface area (Å²) >= 11 is 6.14. The summed E-state index contributed by atoms with van der Waals surface area (Å²) in [5.41, 5.74) is 1.93. The third-order valence-corrected chi connectivity index (χ3v) is 7.54. The van der Waals surface area contributed by atoms with Crippen LogP contribution in [0.2, 0.25) is 5.02 Å². The lowest BCUT2D eigenvalue weighted by Gasteiger charge is -2.19. The van der Waals surface area contributed by atoms with Gasteiger partial charge in [0.1, 0.15) is 17.3 Å². The Morgan fingerprint density at radius 1 is 1.06 bits per heavy atom. The number of nitrogens with zero attached hydrogens (tertiary/aromatic N) is 2. The van der Waals surface area contributed by atoms with Crippen LogP contribution >= 0.6 is 11.6 Å². The zero-order valence-electron chi connectivity index (χ0n) is 18.5. The molecule has 0 aliphatic heterocycles. The summed E-state index contributed by atoms with van der Waals surface area (Å²) in [6, 6.07) is 17.2. The first-order valence-corrected chi connectivity index (χ1v) is 12.4. The van der Waals surface area contributed by atoms with E-state index in [1.165, 1.54) is 22.5 Å². The van der Waals surface area contributed by atoms with Gasteiger partial charge in [-0.25, -0.2) is 8.42 Å². The average molecular weight is 488 g/mol. The third kappa shape index (κ3) is 6.31. The molecule has 1 aromatic heterocycles. The number of carbonyl (C=O) groups excluding carboxylic acids is 1. The molecule has 0 saturated carbocycles. The van der Waals surface area contributed by atoms with E-state index in [-0.39, 0.29) is 22.0 Å². The van der Waals surface area contributed by atoms with Gasteiger partial charge in [-0.15, -0.1) is 0 Å². The first kappa shape index (κ1) is 24.7. The summed E-state index contributed by atoms with van der Waals surface area (Å²) in [5, 5.41) is 2.89. The minimum absolute atomic E-state index is 0.0741. The molecule has 2 aromatic carbocycles. The molecule has 0 spiro atoms. The van der Waals surface area contributed by atoms with E-state index >= 15 is 0 Å². The van der Waals surface area contributed by atoms with Crippen LogP contribution < -0.4 is 10.1 Å². The van der Waals surface area contributed by atoms with Crippen LogP contribution in [0.5, 0.6) is 5.75 Å². The largest absolute Gasteiger partial charge is 0.487 e. The molecule has 3 aromatic rings. The fourth-order valence-electron chi connectivity index (χ4n) is 3.17. The summed E-state index contributed by atoms with van der Waals surface area (Å²) < 4.78 is 32.7. The van der Waals surface area contributed by atoms with E-state index in [1.54, 1.807) is 20.0 Å². The second kappa shape index (κ2) is 11.3. The Bertz CT molecular complexity index is 1180. The maximum Gasteiger partial charge on any atom is 0.251 e. The molecule has 0 aliphatic rings. The lowest BCUT2D eigenvalue weighted by atomic mass is 10.2. The van der Waals surface area contributed by atoms with Gasteiger partial charge in [-0.1, -0.05) is 43.6 Å². The molecule has 1 N–H and O–H groups in total. The zero-order valence-corrected chi connectivity index (χ0v) is 20.1. The van der Waals surface area contributed by atoms with Gasteiger partial charge in [0, 0.05) is 31.4 Å². The highest BCUT2D eigenvalue weighted by molar-refractivity contribution is 7.89. The number of halogens is 1. The van der Waals surface area contributed by atoms with Crippen molar-refractivity contribution in [2.75, 3.05) is 13.1 Å². The molecule has 0 saturated heterocycles. The number of carbonyl (C=O) groups is 1. The Kier molecular flexibility index (Phi) is 8.43. The molecule has 1 heterocycles. The number of amides is 1. The van der Waals surface area contributed by atoms with Gasteiger partial charge in [0.15, 0.2) is 0 Å². The van der Waals surface area contributed by atoms with Crippen LogP contribution in [0.3, 0.4) is 0 Å². The van der Waals surface area contributed by atoms with Gasteiger partial charge in [0.2, 0.25) is 10.0 Å². The highest BCUT2D eigenvalue weighted by Crippen LogP contribution is 2.26. The average Bonchev–Trinajstić information content (AvgIpc) is 2.83. The quantitative estimate of drug-likeness (QED) is 0.461. The van der Waals surface area contributed by atoms with Crippen LogP contribution in [0.15, 0.2) is 71.8 Å². The lowest BCUT2D eigenvalue weighted by molar-refractivity contribution is 0.0950. The number of hydrogen-bond acceptors (Lipinski definition) is 5. The zero-order chi connectivity index (χ0) is 23.8. The highest BCUT2D eigenvalue weighted by atomic mass is 35.5. The van der Waals surface area contributed by atoms with Crippen molar-refractivity contribution in [2.24, 2.45) is 0 Å². The number of nitrogens with one attached hydrogen (secondary N) is 1. The fourth-order valence-corrected chi connectivity index (χ4v) is 5.13. The third-order valence-electron chi connectivity index (χ3n) is 5.01. The first-order valence-electron chi connectivity index (χ1n) is 10.5. The molecule has 0 aliphatic carbocycles. The minimum atomic E-state index is -3.78. The van der Waals surface area contributed by atoms with Crippen molar-refractivity contribution in [2.45, 2.75) is 31.9 Å². The summed E-state index contributed by atoms with van der Waals surface area (Å²) in [6.07, 6.45) is 1.72. The van der Waals surface area contributed by atoms with Gasteiger partial charge in [0.05, 0.1) is 10.7 Å². The van der Waals surface area contributed by atoms with Gasteiger partial charge >= 0.3 is 0 Å². The molecule has 0 atom stereocenters. The van der Waals surface area contributed by atoms with E-state index in [2.05, 4.69) is 10.3 Å². The molecule has 0 unspecified atom stereocenters. The van der Waals surface area contributed by atoms with Gasteiger partial charge in [-0.05, 0) is 48.0 Å². The van der Waals surface area contributed by atoms with Crippen molar-refractivity contribution in [1.82, 2.24) is 14.6 Å². The van der Waals surface area contributed by atoms with Crippen molar-refractivity contribution >= 4 is 27.5 Å². The van der Waals surface area contributed by atoms with E-state index in [9.17, 15) is 13.2 Å². The molecule has 3 rings (SSSR count). The molecule has 7 nitrogen and oxygen atoms in total. The number of benzene rings is 2. The lowest BCUT2D eigenvalue weighted by Crippen LogP contribution is -2.31. The Morgan fingerprint density at radius 3 is 2.42 bits per heavy atom. The molecule has 9 heteroatoms. The van der Waals surface area contributed by atoms with Crippen LogP contribution in [0.25, 0.3) is 0 Å². The fraction of sp³-hybridized carbons (Fsp3) is 0.250. The summed E-state index contributed by atoms with van der Waals surface area (Å²) in [4.78, 5) is 16.8. The second-order valence-electron chi connectivity index (χ2n) is 7.17. The van der Waals surface area contributed by atoms with E-state index in [0.717, 1.165) is 11.3 Å². The Balaban J connectivity index is 1.62. The SMILES string of the molecule is CCN(CC)S(=O)(=O)c1cc(C(=O)NCc2ccc(OCc3ccccn3)cc2)ccc1Cl. The molecule has 0 fully saturated rings. The topological polar surface area (TPSA) is 88.6 Å². The number of hydrogen-bond donors (Lipinski definition) is 1. The number of rotatable bonds is 10. The van der Waals surface area contributed by atoms with Crippen LogP contribution in [-0.4, -0.2) is 36.7 Å². The van der Waals surface area contributed by atoms with E-state index in [0.29, 0.717) is 25.4 Å². The summed E-state index contributed by atoms with van der Waals surface area (Å²) in [5.74, 6) is 0.304. The smallest absolute Gasteiger partial charge is 0.251 e. The van der Waals surface area contributed by atoms with Crippen LogP contribution in [-0.2, 0) is 23.2 Å². The minimum Gasteiger partial charge on any atom is -0.487 e. The number of aromatic nitrogens is 1. The molecule has 0 bridgehead atoms. The Hall–Kier alpha value is -2.94. The predicted molar refractivity (Wildman–Crippen MR) is 128 cm³/mol. The van der Waals surface area contributed by atoms with Gasteiger partial charge in [-0.2, -0.15) is 4.31 Å². The van der Waals surface area contributed by atoms with Crippen molar-refractivity contribution in [3.05, 3.63) is 88.7 Å². The normalized spacial score (nSPS) is 11.4. The Labute approximate surface area is 199 Å². The molecule has 174 valence electrons. The second-order valence-corrected chi connectivity index (χ2v) is 9.48. The van der Waals surface area contributed by atoms with Gasteiger partial charge in [-0.3, -0.25) is 9.78 Å². The highest BCUT2D eigenvalue weighted by Gasteiger charge is 2.25. The number of sulfonamides is 1. The number of ether oxygens (including phenoxy) is 1. The van der Waals surface area contributed by atoms with Crippen LogP contribution in [0, 0.1) is 0 Å². The van der Waals surface area contributed by atoms with Crippen LogP contribution in [0.1, 0.15) is 35.5 Å². The summed E-state index contributed by atoms with van der Waals surface area (Å²) in [7, 11) is -3.78. The van der Waals surface area contributed by atoms with Crippen molar-refractivity contribution < 1.29 is 17.9 Å². The number of pyridine rings is 1. The standard InChI is InChI=1S/C24H26ClN3O4S/c1-3-28(4-2)33(30,31)23-15-19(10-13-22(23)25)24(29)27-16-18-8-11-21(12-9-18)32-17-20-7-5-6-14-26-20/h5-15H,3-4,16-17H2,1-2H3,(H,27,29). The maximum atomic E-state index is 12.8. The molecule has 33 heavy (non-hydrogen) atoms. The molecule has 0 radical (unpaired) electrons. The van der Waals surface area contributed by atoms with Gasteiger partial charge in [0.25, 0.3) is 5.91 Å². The predicted octanol–water partition coefficient (Wildman–Crippen LogP) is 4.27. The van der Waals surface area contributed by atoms with Crippen LogP contribution in [0.4, 0.5) is 0 Å². The van der Waals surface area contributed by atoms with E-state index in [1.807, 2.05) is 42.5 Å². The monoisotopic (exact) mass is 487 g/mol. The van der Waals surface area contributed by atoms with Crippen molar-refractivity contribution in [3.8, 4) is 5.75 Å². The summed E-state index contributed by atoms with van der Waals surface area (Å²) in [6.45, 7) is 4.77. The molecular formula is C24H26ClN3O4S.